The molecule has 5 rings (SSSR count). The summed E-state index contributed by atoms with van der Waals surface area (Å²) in [7, 11) is 0. The minimum absolute atomic E-state index is 0.106. The summed E-state index contributed by atoms with van der Waals surface area (Å²) in [6, 6.07) is 27.4. The van der Waals surface area contributed by atoms with Crippen LogP contribution in [0.2, 0.25) is 0 Å². The first-order valence-electron chi connectivity index (χ1n) is 11.2. The van der Waals surface area contributed by atoms with E-state index in [-0.39, 0.29) is 18.0 Å². The van der Waals surface area contributed by atoms with Gasteiger partial charge in [-0.25, -0.2) is 4.39 Å². The molecule has 176 valence electrons. The number of hydrogen-bond donors (Lipinski definition) is 0. The highest BCUT2D eigenvalue weighted by Gasteiger charge is 2.32. The fourth-order valence-corrected chi connectivity index (χ4v) is 4.61. The van der Waals surface area contributed by atoms with E-state index in [9.17, 15) is 9.18 Å². The van der Waals surface area contributed by atoms with E-state index in [0.717, 1.165) is 11.1 Å². The Kier molecular flexibility index (Phi) is 6.82. The number of carbonyl (C=O) groups excluding carboxylic acids is 1. The number of halogens is 2. The maximum atomic E-state index is 13.6. The molecule has 0 saturated carbocycles. The van der Waals surface area contributed by atoms with Gasteiger partial charge in [0.05, 0.1) is 6.42 Å². The number of rotatable bonds is 7. The van der Waals surface area contributed by atoms with E-state index in [1.807, 2.05) is 60.7 Å². The van der Waals surface area contributed by atoms with Crippen LogP contribution in [0.25, 0.3) is 0 Å². The van der Waals surface area contributed by atoms with Crippen molar-refractivity contribution in [3.8, 4) is 17.2 Å². The van der Waals surface area contributed by atoms with E-state index in [4.69, 9.17) is 14.2 Å². The average Bonchev–Trinajstić information content (AvgIpc) is 2.87. The average molecular weight is 533 g/mol. The molecule has 6 heteroatoms. The van der Waals surface area contributed by atoms with Gasteiger partial charge in [-0.05, 0) is 23.3 Å². The lowest BCUT2D eigenvalue weighted by molar-refractivity contribution is 0.0840. The third-order valence-electron chi connectivity index (χ3n) is 5.75. The molecule has 0 radical (unpaired) electrons. The topological polar surface area (TPSA) is 44.8 Å². The molecule has 4 aromatic rings. The molecule has 0 spiro atoms. The number of benzene rings is 4. The lowest BCUT2D eigenvalue weighted by Gasteiger charge is -2.28. The minimum Gasteiger partial charge on any atom is -0.489 e. The quantitative estimate of drug-likeness (QED) is 0.248. The third kappa shape index (κ3) is 5.38. The SMILES string of the molecule is O=C1CC(c2ccc(F)cc2Br)Oc2cc(OCc3ccccc3)cc(OCc3ccccc3)c21. The Morgan fingerprint density at radius 3 is 2.17 bits per heavy atom. The summed E-state index contributed by atoms with van der Waals surface area (Å²) in [5.74, 6) is 0.857. The molecule has 0 saturated heterocycles. The van der Waals surface area contributed by atoms with Crippen LogP contribution in [-0.2, 0) is 13.2 Å². The van der Waals surface area contributed by atoms with Gasteiger partial charge in [0.2, 0.25) is 0 Å². The van der Waals surface area contributed by atoms with Crippen molar-refractivity contribution >= 4 is 21.7 Å². The first-order chi connectivity index (χ1) is 17.1. The minimum atomic E-state index is -0.559. The van der Waals surface area contributed by atoms with Gasteiger partial charge in [-0.15, -0.1) is 0 Å². The van der Waals surface area contributed by atoms with Crippen LogP contribution in [0, 0.1) is 5.82 Å². The van der Waals surface area contributed by atoms with Crippen LogP contribution in [0.1, 0.15) is 39.6 Å². The van der Waals surface area contributed by atoms with Gasteiger partial charge in [-0.3, -0.25) is 4.79 Å². The maximum absolute atomic E-state index is 13.6. The molecule has 4 nitrogen and oxygen atoms in total. The number of carbonyl (C=O) groups is 1. The van der Waals surface area contributed by atoms with Crippen LogP contribution < -0.4 is 14.2 Å². The van der Waals surface area contributed by atoms with Crippen LogP contribution in [0.3, 0.4) is 0 Å². The van der Waals surface area contributed by atoms with Crippen LogP contribution in [0.5, 0.6) is 17.2 Å². The zero-order valence-corrected chi connectivity index (χ0v) is 20.3. The Morgan fingerprint density at radius 1 is 0.857 bits per heavy atom. The number of fused-ring (bicyclic) bond motifs is 1. The second-order valence-electron chi connectivity index (χ2n) is 8.24. The van der Waals surface area contributed by atoms with Crippen molar-refractivity contribution in [2.75, 3.05) is 0 Å². The van der Waals surface area contributed by atoms with Gasteiger partial charge in [0.1, 0.15) is 47.9 Å². The molecule has 0 bridgehead atoms. The van der Waals surface area contributed by atoms with Crippen molar-refractivity contribution in [2.24, 2.45) is 0 Å². The Balaban J connectivity index is 1.47. The summed E-state index contributed by atoms with van der Waals surface area (Å²) < 4.78 is 32.6. The van der Waals surface area contributed by atoms with Gasteiger partial charge in [0.15, 0.2) is 5.78 Å². The lowest BCUT2D eigenvalue weighted by Crippen LogP contribution is -2.22. The third-order valence-corrected chi connectivity index (χ3v) is 6.44. The predicted molar refractivity (Wildman–Crippen MR) is 134 cm³/mol. The number of hydrogen-bond acceptors (Lipinski definition) is 4. The fraction of sp³-hybridized carbons (Fsp3) is 0.138. The number of Topliss-reactive ketones (excluding diaryl/α,β-unsaturated/α-hetero) is 1. The van der Waals surface area contributed by atoms with Crippen molar-refractivity contribution in [1.82, 2.24) is 0 Å². The normalized spacial score (nSPS) is 14.7. The molecular weight excluding hydrogens is 511 g/mol. The standard InChI is InChI=1S/C29H22BrFO4/c30-24-13-21(31)11-12-23(24)26-16-25(32)29-27(34-18-20-9-5-2-6-10-20)14-22(15-28(29)35-26)33-17-19-7-3-1-4-8-19/h1-15,26H,16-18H2. The molecule has 35 heavy (non-hydrogen) atoms. The van der Waals surface area contributed by atoms with Crippen LogP contribution >= 0.6 is 15.9 Å². The Labute approximate surface area is 211 Å². The van der Waals surface area contributed by atoms with Gasteiger partial charge in [-0.1, -0.05) is 82.7 Å². The Hall–Kier alpha value is -3.64. The highest BCUT2D eigenvalue weighted by atomic mass is 79.9. The van der Waals surface area contributed by atoms with E-state index in [1.165, 1.54) is 12.1 Å². The van der Waals surface area contributed by atoms with Gasteiger partial charge < -0.3 is 14.2 Å². The Morgan fingerprint density at radius 2 is 1.51 bits per heavy atom. The van der Waals surface area contributed by atoms with Crippen LogP contribution in [0.15, 0.2) is 95.5 Å². The summed E-state index contributed by atoms with van der Waals surface area (Å²) >= 11 is 3.39. The first-order valence-corrected chi connectivity index (χ1v) is 12.0. The lowest BCUT2D eigenvalue weighted by atomic mass is 9.95. The van der Waals surface area contributed by atoms with E-state index in [2.05, 4.69) is 15.9 Å². The van der Waals surface area contributed by atoms with Crippen LogP contribution in [0.4, 0.5) is 4.39 Å². The maximum Gasteiger partial charge on any atom is 0.174 e. The molecule has 1 aliphatic rings. The molecule has 0 fully saturated rings. The van der Waals surface area contributed by atoms with Gasteiger partial charge >= 0.3 is 0 Å². The molecule has 0 aromatic heterocycles. The van der Waals surface area contributed by atoms with E-state index in [0.29, 0.717) is 46.1 Å². The highest BCUT2D eigenvalue weighted by molar-refractivity contribution is 9.10. The summed E-state index contributed by atoms with van der Waals surface area (Å²) in [6.45, 7) is 0.661. The molecular formula is C29H22BrFO4. The molecule has 4 aromatic carbocycles. The zero-order chi connectivity index (χ0) is 24.2. The van der Waals surface area contributed by atoms with Crippen molar-refractivity contribution in [3.63, 3.8) is 0 Å². The summed E-state index contributed by atoms with van der Waals surface area (Å²) in [5, 5.41) is 0. The van der Waals surface area contributed by atoms with Crippen molar-refractivity contribution in [1.29, 1.82) is 0 Å². The first kappa shape index (κ1) is 23.1. The predicted octanol–water partition coefficient (Wildman–Crippen LogP) is 7.45. The van der Waals surface area contributed by atoms with E-state index < -0.39 is 6.10 Å². The zero-order valence-electron chi connectivity index (χ0n) is 18.7. The Bertz CT molecular complexity index is 1340. The van der Waals surface area contributed by atoms with E-state index in [1.54, 1.807) is 18.2 Å². The van der Waals surface area contributed by atoms with Crippen molar-refractivity contribution in [3.05, 3.63) is 124 Å². The fourth-order valence-electron chi connectivity index (χ4n) is 4.01. The molecule has 0 N–H and O–H groups in total. The number of ether oxygens (including phenoxy) is 3. The molecule has 0 aliphatic carbocycles. The molecule has 0 amide bonds. The van der Waals surface area contributed by atoms with Gasteiger partial charge in [-0.2, -0.15) is 0 Å². The second kappa shape index (κ2) is 10.3. The number of ketones is 1. The van der Waals surface area contributed by atoms with Crippen molar-refractivity contribution < 1.29 is 23.4 Å². The molecule has 1 heterocycles. The molecule has 1 unspecified atom stereocenters. The van der Waals surface area contributed by atoms with Gasteiger partial charge in [0.25, 0.3) is 0 Å². The second-order valence-corrected chi connectivity index (χ2v) is 9.10. The summed E-state index contributed by atoms with van der Waals surface area (Å²) in [6.07, 6.45) is -0.445. The summed E-state index contributed by atoms with van der Waals surface area (Å²) in [4.78, 5) is 13.3. The smallest absolute Gasteiger partial charge is 0.174 e. The molecule has 1 aliphatic heterocycles. The van der Waals surface area contributed by atoms with Gasteiger partial charge in [0, 0.05) is 22.2 Å². The highest BCUT2D eigenvalue weighted by Crippen LogP contribution is 2.44. The van der Waals surface area contributed by atoms with E-state index >= 15 is 0 Å². The largest absolute Gasteiger partial charge is 0.489 e. The van der Waals surface area contributed by atoms with Crippen LogP contribution in [-0.4, -0.2) is 5.78 Å². The monoisotopic (exact) mass is 532 g/mol. The molecule has 1 atom stereocenters. The summed E-state index contributed by atoms with van der Waals surface area (Å²) in [5.41, 5.74) is 3.09. The van der Waals surface area contributed by atoms with Crippen molar-refractivity contribution in [2.45, 2.75) is 25.7 Å².